The van der Waals surface area contributed by atoms with Gasteiger partial charge in [-0.3, -0.25) is 0 Å². The fourth-order valence-electron chi connectivity index (χ4n) is 3.68. The van der Waals surface area contributed by atoms with Gasteiger partial charge >= 0.3 is 5.97 Å². The number of aromatic nitrogens is 1. The minimum atomic E-state index is -0.474. The molecule has 4 aromatic rings. The second-order valence-corrected chi connectivity index (χ2v) is 7.85. The molecule has 7 heteroatoms. The third kappa shape index (κ3) is 5.36. The monoisotopic (exact) mass is 517 g/mol. The Bertz CT molecular complexity index is 1270. The number of aromatic amines is 1. The lowest BCUT2D eigenvalue weighted by Gasteiger charge is -2.10. The first-order valence-corrected chi connectivity index (χ1v) is 11.8. The van der Waals surface area contributed by atoms with Crippen molar-refractivity contribution < 1.29 is 23.0 Å². The Hall–Kier alpha value is -2.93. The van der Waals surface area contributed by atoms with E-state index in [-0.39, 0.29) is 16.9 Å². The average Bonchev–Trinajstić information content (AvgIpc) is 3.19. The van der Waals surface area contributed by atoms with Crippen molar-refractivity contribution in [2.45, 2.75) is 33.6 Å². The second kappa shape index (κ2) is 11.3. The van der Waals surface area contributed by atoms with Crippen LogP contribution in [0.2, 0.25) is 0 Å². The van der Waals surface area contributed by atoms with Crippen LogP contribution in [0.3, 0.4) is 0 Å². The van der Waals surface area contributed by atoms with Gasteiger partial charge in [-0.15, -0.1) is 0 Å². The Kier molecular flexibility index (Phi) is 8.44. The van der Waals surface area contributed by atoms with Crippen molar-refractivity contribution in [2.24, 2.45) is 0 Å². The first kappa shape index (κ1) is 24.7. The second-order valence-electron chi connectivity index (χ2n) is 7.06. The van der Waals surface area contributed by atoms with Crippen molar-refractivity contribution >= 4 is 43.6 Å². The number of halogens is 3. The molecule has 174 valence electrons. The molecule has 0 radical (unpaired) electrons. The largest absolute Gasteiger partial charge is 0.493 e. The van der Waals surface area contributed by atoms with Crippen molar-refractivity contribution in [1.82, 2.24) is 4.98 Å². The molecule has 0 aliphatic rings. The summed E-state index contributed by atoms with van der Waals surface area (Å²) in [4.78, 5) is 15.4. The number of carbonyl (C=O) groups is 1. The molecule has 0 saturated carbocycles. The molecular weight excluding hydrogens is 492 g/mol. The van der Waals surface area contributed by atoms with Crippen molar-refractivity contribution in [1.29, 1.82) is 0 Å². The van der Waals surface area contributed by atoms with Crippen LogP contribution in [0.15, 0.2) is 53.0 Å². The van der Waals surface area contributed by atoms with E-state index in [1.807, 2.05) is 32.0 Å². The van der Waals surface area contributed by atoms with E-state index in [0.717, 1.165) is 21.7 Å². The summed E-state index contributed by atoms with van der Waals surface area (Å²) >= 11 is 3.25. The summed E-state index contributed by atoms with van der Waals surface area (Å²) < 4.78 is 38.8. The van der Waals surface area contributed by atoms with Crippen LogP contribution in [-0.4, -0.2) is 24.2 Å². The SMILES string of the molecule is CC.CCOC(=O)c1[nH]c2c(Br)c(F)ccc2c1CCCOc1cccc2cc(F)ccc12. The zero-order chi connectivity index (χ0) is 24.0. The lowest BCUT2D eigenvalue weighted by Crippen LogP contribution is -2.09. The smallest absolute Gasteiger partial charge is 0.355 e. The predicted molar refractivity (Wildman–Crippen MR) is 131 cm³/mol. The Balaban J connectivity index is 0.00000149. The number of carbonyl (C=O) groups excluding carboxylic acids is 1. The minimum absolute atomic E-state index is 0.244. The van der Waals surface area contributed by atoms with Gasteiger partial charge in [-0.2, -0.15) is 0 Å². The number of hydrogen-bond donors (Lipinski definition) is 1. The predicted octanol–water partition coefficient (Wildman–Crippen LogP) is 7.58. The highest BCUT2D eigenvalue weighted by Gasteiger charge is 2.21. The van der Waals surface area contributed by atoms with Gasteiger partial charge in [0.2, 0.25) is 0 Å². The Morgan fingerprint density at radius 3 is 2.58 bits per heavy atom. The van der Waals surface area contributed by atoms with Crippen molar-refractivity contribution in [2.75, 3.05) is 13.2 Å². The van der Waals surface area contributed by atoms with Crippen molar-refractivity contribution in [3.05, 3.63) is 75.9 Å². The summed E-state index contributed by atoms with van der Waals surface area (Å²) in [6.45, 7) is 6.38. The number of hydrogen-bond acceptors (Lipinski definition) is 3. The van der Waals surface area contributed by atoms with Gasteiger partial charge in [0, 0.05) is 10.8 Å². The average molecular weight is 518 g/mol. The lowest BCUT2D eigenvalue weighted by atomic mass is 10.1. The molecule has 0 aliphatic carbocycles. The third-order valence-corrected chi connectivity index (χ3v) is 5.86. The molecule has 0 aliphatic heterocycles. The highest BCUT2D eigenvalue weighted by Crippen LogP contribution is 2.32. The van der Waals surface area contributed by atoms with Crippen LogP contribution in [0.4, 0.5) is 8.78 Å². The van der Waals surface area contributed by atoms with E-state index in [1.165, 1.54) is 18.2 Å². The number of rotatable bonds is 7. The van der Waals surface area contributed by atoms with E-state index in [4.69, 9.17) is 9.47 Å². The molecule has 0 atom stereocenters. The van der Waals surface area contributed by atoms with E-state index in [9.17, 15) is 13.6 Å². The standard InChI is InChI=1S/C24H20BrF2NO3.C2H6/c1-2-30-24(29)23-17(18-10-11-19(27)21(25)22(18)28-23)6-4-12-31-20-7-3-5-14-13-15(26)8-9-16(14)20;1-2/h3,5,7-11,13,28H,2,4,6,12H2,1H3;1-2H3. The molecule has 0 spiro atoms. The third-order valence-electron chi connectivity index (χ3n) is 5.08. The number of nitrogens with one attached hydrogen (secondary N) is 1. The molecule has 3 aromatic carbocycles. The zero-order valence-electron chi connectivity index (χ0n) is 18.8. The van der Waals surface area contributed by atoms with Crippen LogP contribution in [0.1, 0.15) is 43.2 Å². The zero-order valence-corrected chi connectivity index (χ0v) is 20.4. The van der Waals surface area contributed by atoms with E-state index >= 15 is 0 Å². The maximum Gasteiger partial charge on any atom is 0.355 e. The van der Waals surface area contributed by atoms with Gasteiger partial charge in [0.15, 0.2) is 0 Å². The minimum Gasteiger partial charge on any atom is -0.493 e. The normalized spacial score (nSPS) is 10.7. The van der Waals surface area contributed by atoms with Crippen LogP contribution in [0, 0.1) is 11.6 Å². The Morgan fingerprint density at radius 1 is 1.06 bits per heavy atom. The molecule has 0 fully saturated rings. The summed E-state index contributed by atoms with van der Waals surface area (Å²) in [6, 6.07) is 13.1. The fourth-order valence-corrected chi connectivity index (χ4v) is 4.12. The summed E-state index contributed by atoms with van der Waals surface area (Å²) in [7, 11) is 0. The molecule has 0 unspecified atom stereocenters. The summed E-state index contributed by atoms with van der Waals surface area (Å²) in [5.41, 5.74) is 1.61. The topological polar surface area (TPSA) is 51.3 Å². The Labute approximate surface area is 200 Å². The summed E-state index contributed by atoms with van der Waals surface area (Å²) in [5, 5.41) is 2.37. The molecule has 0 saturated heterocycles. The molecule has 4 rings (SSSR count). The van der Waals surface area contributed by atoms with E-state index in [0.29, 0.717) is 36.4 Å². The molecule has 1 aromatic heterocycles. The first-order chi connectivity index (χ1) is 16.0. The quantitative estimate of drug-likeness (QED) is 0.203. The van der Waals surface area contributed by atoms with Gasteiger partial charge < -0.3 is 14.5 Å². The number of aryl methyl sites for hydroxylation is 1. The maximum absolute atomic E-state index is 14.0. The lowest BCUT2D eigenvalue weighted by molar-refractivity contribution is 0.0519. The number of H-pyrrole nitrogens is 1. The highest BCUT2D eigenvalue weighted by molar-refractivity contribution is 9.10. The maximum atomic E-state index is 14.0. The van der Waals surface area contributed by atoms with Crippen molar-refractivity contribution in [3.63, 3.8) is 0 Å². The molecule has 4 nitrogen and oxygen atoms in total. The van der Waals surface area contributed by atoms with Crippen LogP contribution in [-0.2, 0) is 11.2 Å². The number of fused-ring (bicyclic) bond motifs is 2. The first-order valence-electron chi connectivity index (χ1n) is 11.0. The molecule has 33 heavy (non-hydrogen) atoms. The van der Waals surface area contributed by atoms with Gasteiger partial charge in [-0.05, 0) is 83.0 Å². The van der Waals surface area contributed by atoms with Gasteiger partial charge in [-0.1, -0.05) is 26.0 Å². The van der Waals surface area contributed by atoms with Crippen LogP contribution in [0.5, 0.6) is 5.75 Å². The number of ether oxygens (including phenoxy) is 2. The molecule has 1 heterocycles. The fraction of sp³-hybridized carbons (Fsp3) is 0.269. The summed E-state index contributed by atoms with van der Waals surface area (Å²) in [6.07, 6.45) is 1.15. The van der Waals surface area contributed by atoms with Gasteiger partial charge in [0.1, 0.15) is 23.1 Å². The molecule has 0 amide bonds. The van der Waals surface area contributed by atoms with E-state index in [2.05, 4.69) is 20.9 Å². The molecular formula is C26H26BrF2NO3. The Morgan fingerprint density at radius 2 is 1.82 bits per heavy atom. The number of benzene rings is 3. The van der Waals surface area contributed by atoms with Gasteiger partial charge in [0.05, 0.1) is 23.2 Å². The van der Waals surface area contributed by atoms with Crippen molar-refractivity contribution in [3.8, 4) is 5.75 Å². The molecule has 1 N–H and O–H groups in total. The van der Waals surface area contributed by atoms with Gasteiger partial charge in [0.25, 0.3) is 0 Å². The highest BCUT2D eigenvalue weighted by atomic mass is 79.9. The van der Waals surface area contributed by atoms with Gasteiger partial charge in [-0.25, -0.2) is 13.6 Å². The number of esters is 1. The molecule has 0 bridgehead atoms. The summed E-state index contributed by atoms with van der Waals surface area (Å²) in [5.74, 6) is -0.505. The van der Waals surface area contributed by atoms with E-state index < -0.39 is 11.8 Å². The van der Waals surface area contributed by atoms with E-state index in [1.54, 1.807) is 19.1 Å². The van der Waals surface area contributed by atoms with Crippen LogP contribution < -0.4 is 4.74 Å². The van der Waals surface area contributed by atoms with Crippen LogP contribution in [0.25, 0.3) is 21.7 Å². The van der Waals surface area contributed by atoms with Crippen LogP contribution >= 0.6 is 15.9 Å².